The van der Waals surface area contributed by atoms with Crippen LogP contribution in [0.4, 0.5) is 0 Å². The molecule has 0 bridgehead atoms. The molecule has 1 rings (SSSR count). The number of rotatable bonds is 3. The Morgan fingerprint density at radius 1 is 1.38 bits per heavy atom. The minimum atomic E-state index is -4.28. The van der Waals surface area contributed by atoms with Gasteiger partial charge in [0, 0.05) is 5.41 Å². The molecule has 0 radical (unpaired) electrons. The lowest BCUT2D eigenvalue weighted by Gasteiger charge is -1.97. The van der Waals surface area contributed by atoms with Gasteiger partial charge in [0.1, 0.15) is 10.1 Å². The van der Waals surface area contributed by atoms with E-state index in [1.54, 1.807) is 0 Å². The van der Waals surface area contributed by atoms with E-state index >= 15 is 0 Å². The molecule has 0 unspecified atom stereocenters. The van der Waals surface area contributed by atoms with Gasteiger partial charge in [-0.15, -0.1) is 0 Å². The number of hydrogen-bond donors (Lipinski definition) is 0. The lowest BCUT2D eigenvalue weighted by atomic mass is 10.6. The maximum absolute atomic E-state index is 10.1. The first-order chi connectivity index (χ1) is 6.08. The van der Waals surface area contributed by atoms with Crippen LogP contribution >= 0.6 is 0 Å². The Labute approximate surface area is 75.3 Å². The van der Waals surface area contributed by atoms with Crippen LogP contribution in [-0.4, -0.2) is 22.9 Å². The van der Waals surface area contributed by atoms with Crippen molar-refractivity contribution in [3.05, 3.63) is 30.5 Å². The normalized spacial score (nSPS) is 12.1. The fourth-order valence-electron chi connectivity index (χ4n) is 0.676. The van der Waals surface area contributed by atoms with Crippen molar-refractivity contribution in [1.29, 1.82) is 0 Å². The molecule has 13 heavy (non-hydrogen) atoms. The molecule has 0 amide bonds. The molecule has 1 aromatic rings. The summed E-state index contributed by atoms with van der Waals surface area (Å²) in [5, 5.41) is 0.604. The van der Waals surface area contributed by atoms with E-state index in [1.807, 2.05) is 0 Å². The Morgan fingerprint density at radius 2 is 2.00 bits per heavy atom. The number of nitrogens with zero attached hydrogens (tertiary/aromatic N) is 3. The van der Waals surface area contributed by atoms with Crippen LogP contribution in [0.2, 0.25) is 0 Å². The molecule has 6 nitrogen and oxygen atoms in total. The number of aromatic nitrogens is 3. The molecule has 0 fully saturated rings. The van der Waals surface area contributed by atoms with Crippen molar-refractivity contribution in [2.24, 2.45) is 0 Å². The lowest BCUT2D eigenvalue weighted by Crippen LogP contribution is -2.33. The summed E-state index contributed by atoms with van der Waals surface area (Å²) in [6, 6.07) is 0. The third kappa shape index (κ3) is 4.28. The average Bonchev–Trinajstić information content (AvgIpc) is 2.04. The average molecular weight is 201 g/mol. The largest absolute Gasteiger partial charge is 0.744 e. The molecule has 0 saturated carbocycles. The summed E-state index contributed by atoms with van der Waals surface area (Å²) in [6.45, 7) is 0.252. The van der Waals surface area contributed by atoms with Crippen LogP contribution in [0.3, 0.4) is 0 Å². The summed E-state index contributed by atoms with van der Waals surface area (Å²) in [7, 11) is -4.28. The van der Waals surface area contributed by atoms with Crippen molar-refractivity contribution < 1.29 is 17.5 Å². The van der Waals surface area contributed by atoms with Crippen molar-refractivity contribution in [3.63, 3.8) is 0 Å². The first kappa shape index (κ1) is 9.75. The van der Waals surface area contributed by atoms with E-state index < -0.39 is 10.1 Å². The van der Waals surface area contributed by atoms with Crippen molar-refractivity contribution in [1.82, 2.24) is 9.97 Å². The monoisotopic (exact) mass is 201 g/mol. The zero-order valence-electron chi connectivity index (χ0n) is 6.57. The first-order valence-corrected chi connectivity index (χ1v) is 4.81. The van der Waals surface area contributed by atoms with Crippen molar-refractivity contribution >= 4 is 10.1 Å². The number of allylic oxidation sites excluding steroid dienone is 1. The SMILES string of the molecule is O=S(=O)([O-])/C=C/C[n+]1cncnc1. The van der Waals surface area contributed by atoms with Gasteiger partial charge in [0.05, 0.1) is 6.54 Å². The highest BCUT2D eigenvalue weighted by atomic mass is 32.2. The third-order valence-corrected chi connectivity index (χ3v) is 1.67. The molecular weight excluding hydrogens is 194 g/mol. The van der Waals surface area contributed by atoms with Crippen LogP contribution in [0, 0.1) is 0 Å². The molecule has 70 valence electrons. The van der Waals surface area contributed by atoms with E-state index in [9.17, 15) is 13.0 Å². The zero-order chi connectivity index (χ0) is 9.73. The molecular formula is C6H7N3O3S. The lowest BCUT2D eigenvalue weighted by molar-refractivity contribution is -0.693. The fraction of sp³-hybridized carbons (Fsp3) is 0.167. The second-order valence-electron chi connectivity index (χ2n) is 2.21. The zero-order valence-corrected chi connectivity index (χ0v) is 7.38. The summed E-state index contributed by atoms with van der Waals surface area (Å²) in [4.78, 5) is 7.38. The van der Waals surface area contributed by atoms with Gasteiger partial charge in [-0.25, -0.2) is 13.0 Å². The second kappa shape index (κ2) is 4.06. The van der Waals surface area contributed by atoms with Gasteiger partial charge in [-0.2, -0.15) is 0 Å². The van der Waals surface area contributed by atoms with Crippen LogP contribution in [-0.2, 0) is 16.7 Å². The van der Waals surface area contributed by atoms with Gasteiger partial charge in [-0.1, -0.05) is 9.97 Å². The van der Waals surface area contributed by atoms with E-state index in [-0.39, 0.29) is 6.54 Å². The van der Waals surface area contributed by atoms with Gasteiger partial charge in [-0.05, 0) is 6.08 Å². The van der Waals surface area contributed by atoms with Crippen molar-refractivity contribution in [2.75, 3.05) is 0 Å². The predicted molar refractivity (Wildman–Crippen MR) is 41.1 cm³/mol. The molecule has 0 aromatic carbocycles. The summed E-state index contributed by atoms with van der Waals surface area (Å²) in [5.41, 5.74) is 0. The van der Waals surface area contributed by atoms with Crippen molar-refractivity contribution in [3.8, 4) is 0 Å². The van der Waals surface area contributed by atoms with E-state index in [0.29, 0.717) is 5.41 Å². The van der Waals surface area contributed by atoms with Gasteiger partial charge in [0.2, 0.25) is 12.7 Å². The van der Waals surface area contributed by atoms with E-state index in [1.165, 1.54) is 29.6 Å². The topological polar surface area (TPSA) is 86.9 Å². The molecule has 0 N–H and O–H groups in total. The highest BCUT2D eigenvalue weighted by Crippen LogP contribution is 1.83. The molecule has 0 aliphatic rings. The first-order valence-electron chi connectivity index (χ1n) is 3.34. The van der Waals surface area contributed by atoms with Crippen LogP contribution in [0.1, 0.15) is 0 Å². The minimum Gasteiger partial charge on any atom is -0.744 e. The molecule has 0 saturated heterocycles. The molecule has 1 heterocycles. The van der Waals surface area contributed by atoms with E-state index in [0.717, 1.165) is 0 Å². The fourth-order valence-corrected chi connectivity index (χ4v) is 0.998. The third-order valence-electron chi connectivity index (χ3n) is 1.14. The maximum atomic E-state index is 10.1. The number of hydrogen-bond acceptors (Lipinski definition) is 5. The maximum Gasteiger partial charge on any atom is 0.263 e. The van der Waals surface area contributed by atoms with Gasteiger partial charge in [0.25, 0.3) is 6.33 Å². The van der Waals surface area contributed by atoms with Gasteiger partial charge in [-0.3, -0.25) is 0 Å². The van der Waals surface area contributed by atoms with Crippen LogP contribution in [0.5, 0.6) is 0 Å². The molecule has 0 spiro atoms. The standard InChI is InChI=1S/C6H7N3O3S/c10-13(11,12)3-1-2-9-5-7-4-8-6-9/h1,3-6H,2H2/b3-1+. The minimum absolute atomic E-state index is 0.252. The molecule has 7 heteroatoms. The quantitative estimate of drug-likeness (QED) is 0.454. The Balaban J connectivity index is 2.59. The summed E-state index contributed by atoms with van der Waals surface area (Å²) in [6.07, 6.45) is 5.51. The van der Waals surface area contributed by atoms with Crippen LogP contribution in [0.25, 0.3) is 0 Å². The predicted octanol–water partition coefficient (Wildman–Crippen LogP) is -1.18. The molecule has 0 aliphatic heterocycles. The van der Waals surface area contributed by atoms with Crippen molar-refractivity contribution in [2.45, 2.75) is 6.54 Å². The van der Waals surface area contributed by atoms with E-state index in [4.69, 9.17) is 0 Å². The Kier molecular flexibility index (Phi) is 3.04. The second-order valence-corrected chi connectivity index (χ2v) is 3.46. The smallest absolute Gasteiger partial charge is 0.263 e. The van der Waals surface area contributed by atoms with Gasteiger partial charge >= 0.3 is 0 Å². The van der Waals surface area contributed by atoms with Gasteiger partial charge in [0.15, 0.2) is 0 Å². The summed E-state index contributed by atoms with van der Waals surface area (Å²) >= 11 is 0. The summed E-state index contributed by atoms with van der Waals surface area (Å²) in [5.74, 6) is 0. The van der Waals surface area contributed by atoms with Crippen LogP contribution < -0.4 is 4.57 Å². The summed E-state index contributed by atoms with van der Waals surface area (Å²) < 4.78 is 31.9. The molecule has 0 aliphatic carbocycles. The van der Waals surface area contributed by atoms with Gasteiger partial charge < -0.3 is 4.55 Å². The Hall–Kier alpha value is -1.34. The van der Waals surface area contributed by atoms with Crippen LogP contribution in [0.15, 0.2) is 30.5 Å². The Morgan fingerprint density at radius 3 is 2.54 bits per heavy atom. The van der Waals surface area contributed by atoms with E-state index in [2.05, 4.69) is 9.97 Å². The molecule has 1 aromatic heterocycles. The molecule has 0 atom stereocenters. The highest BCUT2D eigenvalue weighted by molar-refractivity contribution is 7.88. The highest BCUT2D eigenvalue weighted by Gasteiger charge is 1.91. The Bertz CT molecular complexity index is 387.